The van der Waals surface area contributed by atoms with Crippen molar-refractivity contribution < 1.29 is 28.5 Å². The zero-order chi connectivity index (χ0) is 24.2. The second-order valence-corrected chi connectivity index (χ2v) is 8.51. The maximum atomic E-state index is 12.7. The Morgan fingerprint density at radius 1 is 1.18 bits per heavy atom. The van der Waals surface area contributed by atoms with Gasteiger partial charge in [0.2, 0.25) is 0 Å². The van der Waals surface area contributed by atoms with Gasteiger partial charge in [0.25, 0.3) is 0 Å². The van der Waals surface area contributed by atoms with Crippen LogP contribution in [0.3, 0.4) is 0 Å². The highest BCUT2D eigenvalue weighted by atomic mass is 16.6. The fourth-order valence-corrected chi connectivity index (χ4v) is 4.35. The van der Waals surface area contributed by atoms with Crippen molar-refractivity contribution >= 4 is 6.09 Å². The second kappa shape index (κ2) is 10.5. The lowest BCUT2D eigenvalue weighted by Gasteiger charge is -2.38. The van der Waals surface area contributed by atoms with Crippen molar-refractivity contribution in [1.82, 2.24) is 9.47 Å². The number of likely N-dealkylation sites (tertiary alicyclic amines) is 1. The third-order valence-corrected chi connectivity index (χ3v) is 6.23. The molecule has 2 aromatic rings. The molecule has 3 heterocycles. The molecule has 1 aromatic carbocycles. The second-order valence-electron chi connectivity index (χ2n) is 8.51. The molecule has 2 aliphatic heterocycles. The summed E-state index contributed by atoms with van der Waals surface area (Å²) < 4.78 is 29.7. The van der Waals surface area contributed by atoms with Crippen molar-refractivity contribution in [3.8, 4) is 22.9 Å². The summed E-state index contributed by atoms with van der Waals surface area (Å²) in [6, 6.07) is 7.49. The first-order chi connectivity index (χ1) is 16.4. The Hall–Kier alpha value is -3.04. The van der Waals surface area contributed by atoms with Gasteiger partial charge < -0.3 is 33.2 Å². The third-order valence-electron chi connectivity index (χ3n) is 6.23. The van der Waals surface area contributed by atoms with Crippen LogP contribution in [-0.4, -0.2) is 74.9 Å². The first-order valence-corrected chi connectivity index (χ1v) is 11.6. The van der Waals surface area contributed by atoms with E-state index in [2.05, 4.69) is 4.57 Å². The van der Waals surface area contributed by atoms with E-state index in [1.165, 1.54) is 0 Å². The molecule has 0 saturated carbocycles. The number of nitrogens with zero attached hydrogens (tertiary/aromatic N) is 2. The fraction of sp³-hybridized carbons (Fsp3) is 0.520. The number of fused-ring (bicyclic) bond motifs is 3. The van der Waals surface area contributed by atoms with Crippen LogP contribution in [-0.2, 0) is 27.2 Å². The van der Waals surface area contributed by atoms with Crippen LogP contribution in [0.25, 0.3) is 11.3 Å². The molecule has 0 radical (unpaired) electrons. The molecular formula is C25H32N2O7. The summed E-state index contributed by atoms with van der Waals surface area (Å²) in [7, 11) is 3.22. The van der Waals surface area contributed by atoms with Crippen molar-refractivity contribution in [2.75, 3.05) is 47.1 Å². The van der Waals surface area contributed by atoms with Crippen LogP contribution in [0.5, 0.6) is 11.6 Å². The molecule has 0 spiro atoms. The highest BCUT2D eigenvalue weighted by Crippen LogP contribution is 2.36. The lowest BCUT2D eigenvalue weighted by Crippen LogP contribution is -2.56. The highest BCUT2D eigenvalue weighted by Gasteiger charge is 2.33. The van der Waals surface area contributed by atoms with Crippen LogP contribution < -0.4 is 14.9 Å². The molecule has 1 amide bonds. The van der Waals surface area contributed by atoms with Crippen LogP contribution >= 0.6 is 0 Å². The molecule has 1 fully saturated rings. The predicted octanol–water partition coefficient (Wildman–Crippen LogP) is 2.64. The third kappa shape index (κ3) is 4.90. The monoisotopic (exact) mass is 472 g/mol. The number of hydrogen-bond acceptors (Lipinski definition) is 7. The van der Waals surface area contributed by atoms with Crippen molar-refractivity contribution in [3.63, 3.8) is 0 Å². The summed E-state index contributed by atoms with van der Waals surface area (Å²) >= 11 is 0. The molecule has 9 heteroatoms. The first kappa shape index (κ1) is 24.1. The average Bonchev–Trinajstić information content (AvgIpc) is 2.80. The van der Waals surface area contributed by atoms with E-state index in [1.54, 1.807) is 32.1 Å². The number of aryl methyl sites for hydroxylation is 1. The van der Waals surface area contributed by atoms with E-state index in [-0.39, 0.29) is 30.3 Å². The SMILES string of the molecule is CCOC(=O)N1CC(Oc2ccc3c(c2)CCn2c(OC[C@H](COC)OC)cc(=O)c(C)c2-3)C1. The van der Waals surface area contributed by atoms with Gasteiger partial charge in [-0.15, -0.1) is 0 Å². The number of rotatable bonds is 9. The molecular weight excluding hydrogens is 440 g/mol. The van der Waals surface area contributed by atoms with Crippen molar-refractivity contribution in [1.29, 1.82) is 0 Å². The summed E-state index contributed by atoms with van der Waals surface area (Å²) in [5.41, 5.74) is 3.61. The minimum Gasteiger partial charge on any atom is -0.487 e. The van der Waals surface area contributed by atoms with Crippen molar-refractivity contribution in [3.05, 3.63) is 45.6 Å². The molecule has 1 saturated heterocycles. The Kier molecular flexibility index (Phi) is 7.43. The molecule has 0 aliphatic carbocycles. The number of ether oxygens (including phenoxy) is 5. The minimum atomic E-state index is -0.303. The standard InChI is InChI=1S/C25H32N2O7/c1-5-32-25(29)26-12-19(13-26)34-18-6-7-21-17(10-18)8-9-27-23(11-22(28)16(2)24(21)27)33-15-20(31-4)14-30-3/h6-7,10-11,19-20H,5,8-9,12-15H2,1-4H3/t20-/m0/s1. The van der Waals surface area contributed by atoms with Gasteiger partial charge in [-0.3, -0.25) is 4.79 Å². The fourth-order valence-electron chi connectivity index (χ4n) is 4.35. The first-order valence-electron chi connectivity index (χ1n) is 11.6. The molecule has 1 atom stereocenters. The number of aromatic nitrogens is 1. The van der Waals surface area contributed by atoms with Crippen LogP contribution in [0.15, 0.2) is 29.1 Å². The van der Waals surface area contributed by atoms with Gasteiger partial charge in [-0.2, -0.15) is 0 Å². The van der Waals surface area contributed by atoms with Gasteiger partial charge in [-0.05, 0) is 44.0 Å². The maximum absolute atomic E-state index is 12.7. The van der Waals surface area contributed by atoms with Gasteiger partial charge in [0.1, 0.15) is 24.6 Å². The van der Waals surface area contributed by atoms with E-state index < -0.39 is 0 Å². The van der Waals surface area contributed by atoms with Crippen LogP contribution in [0.2, 0.25) is 0 Å². The summed E-state index contributed by atoms with van der Waals surface area (Å²) in [5, 5.41) is 0. The van der Waals surface area contributed by atoms with Crippen LogP contribution in [0.4, 0.5) is 4.79 Å². The van der Waals surface area contributed by atoms with Gasteiger partial charge in [0.15, 0.2) is 11.3 Å². The van der Waals surface area contributed by atoms with Gasteiger partial charge in [0, 0.05) is 38.0 Å². The van der Waals surface area contributed by atoms with E-state index in [0.29, 0.717) is 44.3 Å². The Labute approximate surface area is 199 Å². The number of hydrogen-bond donors (Lipinski definition) is 0. The largest absolute Gasteiger partial charge is 0.487 e. The van der Waals surface area contributed by atoms with Crippen molar-refractivity contribution in [2.45, 2.75) is 39.0 Å². The van der Waals surface area contributed by atoms with Gasteiger partial charge in [0.05, 0.1) is 32.0 Å². The molecule has 0 N–H and O–H groups in total. The molecule has 2 aliphatic rings. The number of methoxy groups -OCH3 is 2. The Morgan fingerprint density at radius 3 is 2.68 bits per heavy atom. The predicted molar refractivity (Wildman–Crippen MR) is 126 cm³/mol. The molecule has 0 unspecified atom stereocenters. The number of amides is 1. The van der Waals surface area contributed by atoms with E-state index >= 15 is 0 Å². The van der Waals surface area contributed by atoms with Gasteiger partial charge in [-0.1, -0.05) is 0 Å². The number of benzene rings is 1. The number of carbonyl (C=O) groups is 1. The molecule has 4 rings (SSSR count). The van der Waals surface area contributed by atoms with E-state index in [4.69, 9.17) is 23.7 Å². The molecule has 9 nitrogen and oxygen atoms in total. The zero-order valence-electron chi connectivity index (χ0n) is 20.2. The van der Waals surface area contributed by atoms with Gasteiger partial charge >= 0.3 is 6.09 Å². The lowest BCUT2D eigenvalue weighted by atomic mass is 9.94. The normalized spacial score (nSPS) is 15.7. The zero-order valence-corrected chi connectivity index (χ0v) is 20.2. The number of pyridine rings is 1. The summed E-state index contributed by atoms with van der Waals surface area (Å²) in [6.45, 7) is 6.41. The minimum absolute atomic E-state index is 0.0523. The quantitative estimate of drug-likeness (QED) is 0.554. The smallest absolute Gasteiger partial charge is 0.410 e. The Balaban J connectivity index is 1.51. The molecule has 1 aromatic heterocycles. The Morgan fingerprint density at radius 2 is 1.97 bits per heavy atom. The van der Waals surface area contributed by atoms with Crippen LogP contribution in [0.1, 0.15) is 18.1 Å². The highest BCUT2D eigenvalue weighted by molar-refractivity contribution is 5.71. The average molecular weight is 473 g/mol. The Bertz CT molecular complexity index is 1090. The van der Waals surface area contributed by atoms with E-state index in [1.807, 2.05) is 25.1 Å². The summed E-state index contributed by atoms with van der Waals surface area (Å²) in [4.78, 5) is 26.1. The maximum Gasteiger partial charge on any atom is 0.410 e. The van der Waals surface area contributed by atoms with E-state index in [9.17, 15) is 9.59 Å². The van der Waals surface area contributed by atoms with Crippen LogP contribution in [0, 0.1) is 6.92 Å². The molecule has 34 heavy (non-hydrogen) atoms. The molecule has 184 valence electrons. The van der Waals surface area contributed by atoms with E-state index in [0.717, 1.165) is 29.0 Å². The topological polar surface area (TPSA) is 88.5 Å². The van der Waals surface area contributed by atoms with Gasteiger partial charge in [-0.25, -0.2) is 4.79 Å². The van der Waals surface area contributed by atoms with Crippen molar-refractivity contribution in [2.24, 2.45) is 0 Å². The number of carbonyl (C=O) groups excluding carboxylic acids is 1. The lowest BCUT2D eigenvalue weighted by molar-refractivity contribution is -0.000949. The summed E-state index contributed by atoms with van der Waals surface area (Å²) in [6.07, 6.45) is 0.203. The summed E-state index contributed by atoms with van der Waals surface area (Å²) in [5.74, 6) is 1.29. The molecule has 0 bridgehead atoms.